The second-order valence-corrected chi connectivity index (χ2v) is 6.39. The van der Waals surface area contributed by atoms with Crippen molar-refractivity contribution in [3.8, 4) is 0 Å². The summed E-state index contributed by atoms with van der Waals surface area (Å²) in [6.07, 6.45) is 5.18. The van der Waals surface area contributed by atoms with Gasteiger partial charge >= 0.3 is 0 Å². The number of thioether (sulfide) groups is 1. The number of nitrogens with two attached hydrogens (primary N) is 1. The standard InChI is InChI=1S/C13H26N2OS/c1-10-4-6-15(9-11(2)8-10)13(16)12(14)5-7-17-3/h10-12H,4-9,14H2,1-3H3/t10?,11?,12-/m0/s1. The molecule has 0 spiro atoms. The lowest BCUT2D eigenvalue weighted by atomic mass is 9.97. The molecular weight excluding hydrogens is 232 g/mol. The lowest BCUT2D eigenvalue weighted by Crippen LogP contribution is -2.45. The molecule has 0 radical (unpaired) electrons. The van der Waals surface area contributed by atoms with Crippen LogP contribution in [-0.2, 0) is 4.79 Å². The average Bonchev–Trinajstić information content (AvgIpc) is 2.46. The second kappa shape index (κ2) is 7.27. The highest BCUT2D eigenvalue weighted by atomic mass is 32.2. The van der Waals surface area contributed by atoms with Crippen molar-refractivity contribution in [2.45, 2.75) is 39.2 Å². The number of nitrogens with zero attached hydrogens (tertiary/aromatic N) is 1. The van der Waals surface area contributed by atoms with Gasteiger partial charge in [-0.2, -0.15) is 11.8 Å². The van der Waals surface area contributed by atoms with Crippen molar-refractivity contribution in [2.75, 3.05) is 25.1 Å². The molecule has 0 aromatic carbocycles. The van der Waals surface area contributed by atoms with E-state index < -0.39 is 0 Å². The van der Waals surface area contributed by atoms with E-state index in [2.05, 4.69) is 13.8 Å². The molecule has 3 atom stereocenters. The van der Waals surface area contributed by atoms with Crippen molar-refractivity contribution < 1.29 is 4.79 Å². The first kappa shape index (κ1) is 14.8. The molecule has 1 aliphatic rings. The fraction of sp³-hybridized carbons (Fsp3) is 0.923. The zero-order valence-corrected chi connectivity index (χ0v) is 12.1. The normalized spacial score (nSPS) is 27.6. The molecule has 2 N–H and O–H groups in total. The number of carbonyl (C=O) groups excluding carboxylic acids is 1. The summed E-state index contributed by atoms with van der Waals surface area (Å²) < 4.78 is 0. The molecule has 0 aromatic heterocycles. The van der Waals surface area contributed by atoms with Crippen molar-refractivity contribution in [1.82, 2.24) is 4.90 Å². The molecular formula is C13H26N2OS. The van der Waals surface area contributed by atoms with Crippen LogP contribution in [0.5, 0.6) is 0 Å². The molecule has 17 heavy (non-hydrogen) atoms. The third-order valence-electron chi connectivity index (χ3n) is 3.49. The van der Waals surface area contributed by atoms with Gasteiger partial charge in [0.2, 0.25) is 5.91 Å². The molecule has 2 unspecified atom stereocenters. The topological polar surface area (TPSA) is 46.3 Å². The van der Waals surface area contributed by atoms with Crippen LogP contribution in [0.1, 0.15) is 33.1 Å². The maximum Gasteiger partial charge on any atom is 0.239 e. The Hall–Kier alpha value is -0.220. The highest BCUT2D eigenvalue weighted by Gasteiger charge is 2.25. The fourth-order valence-electron chi connectivity index (χ4n) is 2.53. The number of likely N-dealkylation sites (tertiary alicyclic amines) is 1. The monoisotopic (exact) mass is 258 g/mol. The van der Waals surface area contributed by atoms with Gasteiger partial charge < -0.3 is 10.6 Å². The van der Waals surface area contributed by atoms with Gasteiger partial charge in [-0.25, -0.2) is 0 Å². The lowest BCUT2D eigenvalue weighted by molar-refractivity contribution is -0.133. The summed E-state index contributed by atoms with van der Waals surface area (Å²) in [4.78, 5) is 14.2. The maximum atomic E-state index is 12.2. The van der Waals surface area contributed by atoms with Crippen LogP contribution in [0.3, 0.4) is 0 Å². The molecule has 1 aliphatic heterocycles. The third kappa shape index (κ3) is 4.88. The smallest absolute Gasteiger partial charge is 0.239 e. The van der Waals surface area contributed by atoms with Crippen LogP contribution in [-0.4, -0.2) is 41.9 Å². The Morgan fingerprint density at radius 3 is 2.82 bits per heavy atom. The van der Waals surface area contributed by atoms with Crippen molar-refractivity contribution in [1.29, 1.82) is 0 Å². The SMILES string of the molecule is CSCC[C@H](N)C(=O)N1CCC(C)CC(C)C1. The van der Waals surface area contributed by atoms with Gasteiger partial charge in [-0.05, 0) is 43.1 Å². The van der Waals surface area contributed by atoms with E-state index in [0.717, 1.165) is 37.6 Å². The first-order chi connectivity index (χ1) is 8.04. The van der Waals surface area contributed by atoms with Gasteiger partial charge in [0.25, 0.3) is 0 Å². The van der Waals surface area contributed by atoms with E-state index in [0.29, 0.717) is 5.92 Å². The maximum absolute atomic E-state index is 12.2. The molecule has 1 amide bonds. The highest BCUT2D eigenvalue weighted by molar-refractivity contribution is 7.98. The minimum atomic E-state index is -0.303. The largest absolute Gasteiger partial charge is 0.341 e. The molecule has 0 aromatic rings. The van der Waals surface area contributed by atoms with E-state index in [9.17, 15) is 4.79 Å². The number of hydrogen-bond donors (Lipinski definition) is 1. The number of rotatable bonds is 4. The van der Waals surface area contributed by atoms with Crippen LogP contribution in [0.25, 0.3) is 0 Å². The third-order valence-corrected chi connectivity index (χ3v) is 4.13. The van der Waals surface area contributed by atoms with Crippen molar-refractivity contribution in [3.05, 3.63) is 0 Å². The summed E-state index contributed by atoms with van der Waals surface area (Å²) in [5.74, 6) is 2.45. The summed E-state index contributed by atoms with van der Waals surface area (Å²) in [5, 5.41) is 0. The molecule has 0 bridgehead atoms. The van der Waals surface area contributed by atoms with E-state index in [1.54, 1.807) is 11.8 Å². The number of carbonyl (C=O) groups is 1. The van der Waals surface area contributed by atoms with Gasteiger partial charge in [0.1, 0.15) is 0 Å². The van der Waals surface area contributed by atoms with Gasteiger partial charge in [-0.15, -0.1) is 0 Å². The molecule has 1 heterocycles. The molecule has 4 heteroatoms. The van der Waals surface area contributed by atoms with Crippen LogP contribution in [0, 0.1) is 11.8 Å². The quantitative estimate of drug-likeness (QED) is 0.838. The van der Waals surface area contributed by atoms with Crippen LogP contribution in [0.2, 0.25) is 0 Å². The highest BCUT2D eigenvalue weighted by Crippen LogP contribution is 2.21. The Labute approximate surface area is 109 Å². The van der Waals surface area contributed by atoms with Gasteiger partial charge in [-0.3, -0.25) is 4.79 Å². The van der Waals surface area contributed by atoms with Gasteiger partial charge in [0.05, 0.1) is 6.04 Å². The van der Waals surface area contributed by atoms with E-state index in [-0.39, 0.29) is 11.9 Å². The van der Waals surface area contributed by atoms with E-state index in [1.165, 1.54) is 6.42 Å². The Morgan fingerprint density at radius 2 is 2.18 bits per heavy atom. The predicted molar refractivity (Wildman–Crippen MR) is 75.1 cm³/mol. The average molecular weight is 258 g/mol. The Morgan fingerprint density at radius 1 is 1.47 bits per heavy atom. The molecule has 100 valence electrons. The van der Waals surface area contributed by atoms with Crippen LogP contribution in [0.4, 0.5) is 0 Å². The second-order valence-electron chi connectivity index (χ2n) is 5.41. The molecule has 0 saturated carbocycles. The lowest BCUT2D eigenvalue weighted by Gasteiger charge is -2.25. The predicted octanol–water partition coefficient (Wildman–Crippen LogP) is 1.96. The molecule has 1 fully saturated rings. The summed E-state index contributed by atoms with van der Waals surface area (Å²) in [7, 11) is 0. The molecule has 1 rings (SSSR count). The number of amides is 1. The van der Waals surface area contributed by atoms with E-state index >= 15 is 0 Å². The first-order valence-electron chi connectivity index (χ1n) is 6.58. The summed E-state index contributed by atoms with van der Waals surface area (Å²) in [6.45, 7) is 6.28. The Kier molecular flexibility index (Phi) is 6.34. The minimum Gasteiger partial charge on any atom is -0.341 e. The summed E-state index contributed by atoms with van der Waals surface area (Å²) in [5.41, 5.74) is 5.96. The van der Waals surface area contributed by atoms with E-state index in [1.807, 2.05) is 11.2 Å². The first-order valence-corrected chi connectivity index (χ1v) is 7.97. The minimum absolute atomic E-state index is 0.153. The zero-order chi connectivity index (χ0) is 12.8. The Balaban J connectivity index is 2.49. The Bertz CT molecular complexity index is 248. The van der Waals surface area contributed by atoms with Gasteiger partial charge in [0, 0.05) is 13.1 Å². The van der Waals surface area contributed by atoms with Gasteiger partial charge in [0.15, 0.2) is 0 Å². The van der Waals surface area contributed by atoms with Crippen molar-refractivity contribution >= 4 is 17.7 Å². The van der Waals surface area contributed by atoms with Crippen LogP contribution in [0.15, 0.2) is 0 Å². The molecule has 1 saturated heterocycles. The zero-order valence-electron chi connectivity index (χ0n) is 11.3. The van der Waals surface area contributed by atoms with Crippen molar-refractivity contribution in [2.24, 2.45) is 17.6 Å². The molecule has 0 aliphatic carbocycles. The van der Waals surface area contributed by atoms with Gasteiger partial charge in [-0.1, -0.05) is 13.8 Å². The van der Waals surface area contributed by atoms with Crippen LogP contribution < -0.4 is 5.73 Å². The summed E-state index contributed by atoms with van der Waals surface area (Å²) in [6, 6.07) is -0.303. The fourth-order valence-corrected chi connectivity index (χ4v) is 3.02. The molecule has 3 nitrogen and oxygen atoms in total. The van der Waals surface area contributed by atoms with Crippen LogP contribution >= 0.6 is 11.8 Å². The summed E-state index contributed by atoms with van der Waals surface area (Å²) >= 11 is 1.75. The number of hydrogen-bond acceptors (Lipinski definition) is 3. The van der Waals surface area contributed by atoms with Crippen molar-refractivity contribution in [3.63, 3.8) is 0 Å². The van der Waals surface area contributed by atoms with E-state index in [4.69, 9.17) is 5.73 Å².